The highest BCUT2D eigenvalue weighted by Gasteiger charge is 2.20. The Labute approximate surface area is 325 Å². The Morgan fingerprint density at radius 2 is 1.84 bits per heavy atom. The van der Waals surface area contributed by atoms with Gasteiger partial charge in [0.1, 0.15) is 23.9 Å². The van der Waals surface area contributed by atoms with Crippen LogP contribution in [0.4, 0.5) is 4.79 Å². The molecule has 3 aromatic carbocycles. The minimum Gasteiger partial charge on any atom is -0.508 e. The fourth-order valence-corrected chi connectivity index (χ4v) is 7.36. The predicted molar refractivity (Wildman–Crippen MR) is 216 cm³/mol. The number of nitrogens with one attached hydrogen (secondary N) is 1. The van der Waals surface area contributed by atoms with Crippen molar-refractivity contribution in [3.05, 3.63) is 119 Å². The molecule has 0 saturated carbocycles. The van der Waals surface area contributed by atoms with Gasteiger partial charge in [-0.1, -0.05) is 13.8 Å². The van der Waals surface area contributed by atoms with E-state index in [0.717, 1.165) is 49.4 Å². The number of benzene rings is 3. The Hall–Kier alpha value is -7.06. The summed E-state index contributed by atoms with van der Waals surface area (Å²) in [5.41, 5.74) is 6.97. The number of likely N-dealkylation sites (N-methyl/N-ethyl adjacent to an activating group) is 1. The van der Waals surface area contributed by atoms with Crippen LogP contribution in [0.15, 0.2) is 96.4 Å². The molecule has 0 atom stereocenters. The van der Waals surface area contributed by atoms with Gasteiger partial charge in [0.25, 0.3) is 0 Å². The van der Waals surface area contributed by atoms with E-state index in [0.29, 0.717) is 55.5 Å². The van der Waals surface area contributed by atoms with Gasteiger partial charge in [0.15, 0.2) is 5.82 Å². The lowest BCUT2D eigenvalue weighted by molar-refractivity contribution is 0.101. The molecule has 0 saturated heterocycles. The van der Waals surface area contributed by atoms with Gasteiger partial charge in [0.05, 0.1) is 47.3 Å². The molecule has 9 rings (SSSR count). The number of phenolic OH excluding ortho intramolecular Hbond substituents is 2. The first kappa shape index (κ1) is 35.6. The summed E-state index contributed by atoms with van der Waals surface area (Å²) in [6.07, 6.45) is 9.26. The number of carbonyl (C=O) groups excluding carboxylic acids is 1. The largest absolute Gasteiger partial charge is 0.508 e. The number of phenols is 2. The normalized spacial score (nSPS) is 12.6. The van der Waals surface area contributed by atoms with Gasteiger partial charge >= 0.3 is 11.8 Å². The van der Waals surface area contributed by atoms with E-state index in [-0.39, 0.29) is 23.2 Å². The molecule has 0 fully saturated rings. The van der Waals surface area contributed by atoms with Crippen LogP contribution in [0, 0.1) is 0 Å². The number of ether oxygens (including phenoxy) is 3. The fraction of sp³-hybridized carbons (Fsp3) is 0.209. The summed E-state index contributed by atoms with van der Waals surface area (Å²) < 4.78 is 22.6. The summed E-state index contributed by atoms with van der Waals surface area (Å²) in [7, 11) is 1.67. The lowest BCUT2D eigenvalue weighted by Gasteiger charge is -2.17. The first-order valence-corrected chi connectivity index (χ1v) is 18.6. The summed E-state index contributed by atoms with van der Waals surface area (Å²) in [6.45, 7) is 6.02. The Kier molecular flexibility index (Phi) is 8.89. The average Bonchev–Trinajstić information content (AvgIpc) is 3.89. The van der Waals surface area contributed by atoms with Crippen molar-refractivity contribution in [3.8, 4) is 34.3 Å². The molecule has 0 unspecified atom stereocenters. The molecule has 1 amide bonds. The van der Waals surface area contributed by atoms with E-state index in [4.69, 9.17) is 19.2 Å². The van der Waals surface area contributed by atoms with E-state index in [1.807, 2.05) is 62.5 Å². The van der Waals surface area contributed by atoms with Crippen molar-refractivity contribution in [1.82, 2.24) is 33.6 Å². The van der Waals surface area contributed by atoms with Crippen molar-refractivity contribution < 1.29 is 29.2 Å². The number of rotatable bonds is 10. The summed E-state index contributed by atoms with van der Waals surface area (Å²) >= 11 is 0. The number of aromatic nitrogens is 6. The van der Waals surface area contributed by atoms with Gasteiger partial charge in [-0.05, 0) is 83.8 Å². The fourth-order valence-electron chi connectivity index (χ4n) is 7.36. The third-order valence-electron chi connectivity index (χ3n) is 10.4. The number of fused-ring (bicyclic) bond motifs is 6. The highest BCUT2D eigenvalue weighted by Crippen LogP contribution is 2.38. The highest BCUT2D eigenvalue weighted by atomic mass is 16.6. The van der Waals surface area contributed by atoms with Crippen LogP contribution in [0.2, 0.25) is 0 Å². The zero-order valence-electron chi connectivity index (χ0n) is 31.5. The quantitative estimate of drug-likeness (QED) is 0.121. The molecular weight excluding hydrogens is 727 g/mol. The third-order valence-corrected chi connectivity index (χ3v) is 10.4. The number of aromatic amines is 1. The van der Waals surface area contributed by atoms with Crippen LogP contribution in [-0.2, 0) is 22.6 Å². The Bertz CT molecular complexity index is 2950. The van der Waals surface area contributed by atoms with Gasteiger partial charge in [-0.3, -0.25) is 0 Å². The predicted octanol–water partition coefficient (Wildman–Crippen LogP) is 7.32. The molecule has 3 N–H and O–H groups in total. The molecule has 57 heavy (non-hydrogen) atoms. The molecule has 5 aromatic heterocycles. The molecule has 0 aliphatic carbocycles. The number of amides is 1. The smallest absolute Gasteiger partial charge is 0.415 e. The van der Waals surface area contributed by atoms with Gasteiger partial charge in [0, 0.05) is 72.0 Å². The summed E-state index contributed by atoms with van der Waals surface area (Å²) in [5, 5.41) is 30.4. The zero-order chi connectivity index (χ0) is 39.4. The minimum absolute atomic E-state index is 0.0127. The molecule has 6 heterocycles. The Balaban J connectivity index is 0.809. The molecule has 1 aliphatic heterocycles. The maximum Gasteiger partial charge on any atom is 0.415 e. The minimum atomic E-state index is -0.490. The van der Waals surface area contributed by atoms with Gasteiger partial charge in [-0.25, -0.2) is 24.2 Å². The molecule has 1 aliphatic rings. The molecule has 288 valence electrons. The van der Waals surface area contributed by atoms with Gasteiger partial charge in [0.2, 0.25) is 0 Å². The summed E-state index contributed by atoms with van der Waals surface area (Å²) in [5.74, 6) is 0.443. The first-order chi connectivity index (χ1) is 27.6. The Morgan fingerprint density at radius 1 is 0.965 bits per heavy atom. The molecule has 14 nitrogen and oxygen atoms in total. The number of hydrogen-bond acceptors (Lipinski definition) is 9. The van der Waals surface area contributed by atoms with E-state index in [1.54, 1.807) is 25.4 Å². The average molecular weight is 766 g/mol. The van der Waals surface area contributed by atoms with E-state index in [9.17, 15) is 19.8 Å². The lowest BCUT2D eigenvalue weighted by Crippen LogP contribution is -2.32. The maximum absolute atomic E-state index is 13.0. The zero-order valence-corrected chi connectivity index (χ0v) is 31.5. The van der Waals surface area contributed by atoms with Crippen LogP contribution >= 0.6 is 0 Å². The maximum atomic E-state index is 13.0. The van der Waals surface area contributed by atoms with Crippen molar-refractivity contribution in [2.24, 2.45) is 0 Å². The van der Waals surface area contributed by atoms with E-state index in [1.165, 1.54) is 15.5 Å². The third kappa shape index (κ3) is 6.59. The van der Waals surface area contributed by atoms with Crippen LogP contribution in [0.1, 0.15) is 36.5 Å². The van der Waals surface area contributed by atoms with Crippen LogP contribution < -0.4 is 10.4 Å². The molecule has 0 spiro atoms. The van der Waals surface area contributed by atoms with Gasteiger partial charge < -0.3 is 38.3 Å². The van der Waals surface area contributed by atoms with E-state index >= 15 is 0 Å². The van der Waals surface area contributed by atoms with Crippen LogP contribution in [0.5, 0.6) is 17.2 Å². The number of pyridine rings is 2. The molecule has 14 heteroatoms. The van der Waals surface area contributed by atoms with Gasteiger partial charge in [-0.15, -0.1) is 0 Å². The molecule has 0 bridgehead atoms. The number of aromatic hydroxyl groups is 2. The van der Waals surface area contributed by atoms with Crippen molar-refractivity contribution in [2.45, 2.75) is 32.9 Å². The van der Waals surface area contributed by atoms with Crippen molar-refractivity contribution in [1.29, 1.82) is 0 Å². The van der Waals surface area contributed by atoms with Crippen LogP contribution in [0.3, 0.4) is 0 Å². The Morgan fingerprint density at radius 3 is 2.70 bits per heavy atom. The first-order valence-electron chi connectivity index (χ1n) is 18.6. The molecule has 0 radical (unpaired) electrons. The van der Waals surface area contributed by atoms with Crippen molar-refractivity contribution in [3.63, 3.8) is 0 Å². The standard InChI is InChI=1S/C43H39N7O7/c1-25(2)33-20-34(39(52)21-38(33)51)41-45-46-42(53)50(41)31-4-7-36-27(17-31)8-10-48(36)12-15-55-14-11-47(3)43(54)57-32-5-6-35-28(18-32)16-29-22-49-23-30-24-56-13-9-26(30)19-37(49)40(29)44-35/h4-10,13,16-23,25,51-52H,11-12,14-15,24H2,1-3H3,(H,46,53). The second-order valence-electron chi connectivity index (χ2n) is 14.5. The van der Waals surface area contributed by atoms with E-state index < -0.39 is 11.8 Å². The van der Waals surface area contributed by atoms with Gasteiger partial charge in [-0.2, -0.15) is 5.10 Å². The number of H-pyrrole nitrogens is 1. The highest BCUT2D eigenvalue weighted by molar-refractivity contribution is 6.01. The molecular formula is C43H39N7O7. The van der Waals surface area contributed by atoms with Crippen LogP contribution in [-0.4, -0.2) is 76.7 Å². The second kappa shape index (κ2) is 14.2. The van der Waals surface area contributed by atoms with Crippen LogP contribution in [0.25, 0.3) is 61.4 Å². The number of hydrogen-bond donors (Lipinski definition) is 3. The van der Waals surface area contributed by atoms with Crippen molar-refractivity contribution >= 4 is 50.4 Å². The SMILES string of the molecule is CC(C)c1cc(-c2n[nH]c(=O)n2-c2ccc3c(ccn3CCOCCN(C)C(=O)Oc3ccc4nc5c(cc4c3)cn3cc4c(cc53)C=COC4)c2)c(O)cc1O. The number of carbonyl (C=O) groups is 1. The lowest BCUT2D eigenvalue weighted by atomic mass is 9.98. The topological polar surface area (TPSA) is 161 Å². The second-order valence-corrected chi connectivity index (χ2v) is 14.5. The molecule has 8 aromatic rings. The monoisotopic (exact) mass is 765 g/mol. The number of nitrogens with zero attached hydrogens (tertiary/aromatic N) is 6. The summed E-state index contributed by atoms with van der Waals surface area (Å²) in [6, 6.07) is 20.1. The van der Waals surface area contributed by atoms with E-state index in [2.05, 4.69) is 43.7 Å². The summed E-state index contributed by atoms with van der Waals surface area (Å²) in [4.78, 5) is 32.3. The van der Waals surface area contributed by atoms with Crippen molar-refractivity contribution in [2.75, 3.05) is 26.8 Å².